The number of aromatic amines is 1. The van der Waals surface area contributed by atoms with Crippen LogP contribution in [0.25, 0.3) is 0 Å². The SMILES string of the molecule is COc1[nH]c(CC=C(C)CC=CC(C)=CC(C)C(OC)C2(C)OC2C)c(C)c(=O)c1OC. The second-order valence-electron chi connectivity index (χ2n) is 8.86. The third-order valence-corrected chi connectivity index (χ3v) is 6.36. The molecule has 0 spiro atoms. The first-order valence-corrected chi connectivity index (χ1v) is 11.1. The maximum Gasteiger partial charge on any atom is 0.238 e. The van der Waals surface area contributed by atoms with Gasteiger partial charge in [-0.2, -0.15) is 0 Å². The average Bonchev–Trinajstić information content (AvgIpc) is 3.35. The summed E-state index contributed by atoms with van der Waals surface area (Å²) >= 11 is 0. The van der Waals surface area contributed by atoms with Crippen LogP contribution in [0.3, 0.4) is 0 Å². The lowest BCUT2D eigenvalue weighted by Gasteiger charge is -2.24. The monoisotopic (exact) mass is 445 g/mol. The zero-order chi connectivity index (χ0) is 24.1. The third kappa shape index (κ3) is 5.93. The van der Waals surface area contributed by atoms with Crippen LogP contribution in [0.5, 0.6) is 11.6 Å². The minimum atomic E-state index is -0.197. The first-order valence-electron chi connectivity index (χ1n) is 11.1. The molecular weight excluding hydrogens is 406 g/mol. The number of hydrogen-bond acceptors (Lipinski definition) is 5. The van der Waals surface area contributed by atoms with Crippen molar-refractivity contribution in [3.8, 4) is 11.6 Å². The summed E-state index contributed by atoms with van der Waals surface area (Å²) in [6, 6.07) is 0. The minimum Gasteiger partial charge on any atom is -0.488 e. The smallest absolute Gasteiger partial charge is 0.238 e. The van der Waals surface area contributed by atoms with Gasteiger partial charge in [0.15, 0.2) is 0 Å². The average molecular weight is 446 g/mol. The molecule has 32 heavy (non-hydrogen) atoms. The summed E-state index contributed by atoms with van der Waals surface area (Å²) < 4.78 is 21.9. The zero-order valence-electron chi connectivity index (χ0n) is 21.0. The van der Waals surface area contributed by atoms with Crippen LogP contribution in [0, 0.1) is 12.8 Å². The molecule has 1 N–H and O–H groups in total. The summed E-state index contributed by atoms with van der Waals surface area (Å²) in [5.41, 5.74) is 3.55. The van der Waals surface area contributed by atoms with E-state index in [1.807, 2.05) is 0 Å². The van der Waals surface area contributed by atoms with E-state index in [4.69, 9.17) is 18.9 Å². The largest absolute Gasteiger partial charge is 0.488 e. The van der Waals surface area contributed by atoms with E-state index < -0.39 is 0 Å². The van der Waals surface area contributed by atoms with Crippen LogP contribution in [0.15, 0.2) is 40.2 Å². The lowest BCUT2D eigenvalue weighted by atomic mass is 9.89. The van der Waals surface area contributed by atoms with Gasteiger partial charge < -0.3 is 23.9 Å². The van der Waals surface area contributed by atoms with Crippen molar-refractivity contribution in [2.45, 2.75) is 72.2 Å². The van der Waals surface area contributed by atoms with Crippen LogP contribution in [-0.4, -0.2) is 44.1 Å². The highest BCUT2D eigenvalue weighted by atomic mass is 16.6. The van der Waals surface area contributed by atoms with E-state index in [9.17, 15) is 4.79 Å². The lowest BCUT2D eigenvalue weighted by molar-refractivity contribution is 0.0132. The highest BCUT2D eigenvalue weighted by Crippen LogP contribution is 2.43. The molecule has 6 heteroatoms. The molecule has 1 saturated heterocycles. The van der Waals surface area contributed by atoms with Gasteiger partial charge >= 0.3 is 0 Å². The molecule has 1 fully saturated rings. The number of allylic oxidation sites excluding steroid dienone is 5. The summed E-state index contributed by atoms with van der Waals surface area (Å²) in [7, 11) is 4.74. The van der Waals surface area contributed by atoms with Crippen molar-refractivity contribution >= 4 is 0 Å². The predicted octanol–water partition coefficient (Wildman–Crippen LogP) is 4.91. The van der Waals surface area contributed by atoms with Gasteiger partial charge in [-0.15, -0.1) is 0 Å². The van der Waals surface area contributed by atoms with Gasteiger partial charge in [0.1, 0.15) is 5.60 Å². The minimum absolute atomic E-state index is 0.0364. The molecular formula is C26H39NO5. The van der Waals surface area contributed by atoms with Gasteiger partial charge in [-0.1, -0.05) is 42.4 Å². The van der Waals surface area contributed by atoms with Crippen molar-refractivity contribution in [1.82, 2.24) is 4.98 Å². The topological polar surface area (TPSA) is 73.1 Å². The first-order chi connectivity index (χ1) is 15.1. The van der Waals surface area contributed by atoms with Gasteiger partial charge in [-0.25, -0.2) is 0 Å². The second-order valence-corrected chi connectivity index (χ2v) is 8.86. The Balaban J connectivity index is 2.00. The molecule has 0 radical (unpaired) electrons. The molecule has 2 rings (SSSR count). The number of aromatic nitrogens is 1. The molecule has 1 aromatic rings. The molecule has 0 amide bonds. The molecule has 4 unspecified atom stereocenters. The number of methoxy groups -OCH3 is 3. The van der Waals surface area contributed by atoms with Gasteiger partial charge in [0.05, 0.1) is 26.4 Å². The molecule has 0 aromatic carbocycles. The number of H-pyrrole nitrogens is 1. The molecule has 4 atom stereocenters. The van der Waals surface area contributed by atoms with Crippen molar-refractivity contribution < 1.29 is 18.9 Å². The third-order valence-electron chi connectivity index (χ3n) is 6.36. The molecule has 1 aliphatic rings. The van der Waals surface area contributed by atoms with Crippen molar-refractivity contribution in [3.05, 3.63) is 56.9 Å². The van der Waals surface area contributed by atoms with Gasteiger partial charge in [0, 0.05) is 30.7 Å². The summed E-state index contributed by atoms with van der Waals surface area (Å²) in [4.78, 5) is 15.6. The Morgan fingerprint density at radius 2 is 1.91 bits per heavy atom. The molecule has 0 saturated carbocycles. The van der Waals surface area contributed by atoms with Crippen LogP contribution in [0.2, 0.25) is 0 Å². The van der Waals surface area contributed by atoms with Crippen LogP contribution in [0.1, 0.15) is 52.3 Å². The standard InChI is InChI=1S/C26H39NO5/c1-16(13-14-21-19(4)22(28)23(29-7)25(27-21)31-9)11-10-12-17(2)15-18(3)24(30-8)26(6)20(5)32-26/h10,12-13,15,18,20,24H,11,14H2,1-9H3,(H,27,28). The molecule has 178 valence electrons. The number of nitrogens with one attached hydrogen (secondary N) is 1. The van der Waals surface area contributed by atoms with Crippen LogP contribution >= 0.6 is 0 Å². The van der Waals surface area contributed by atoms with Crippen LogP contribution in [-0.2, 0) is 15.9 Å². The lowest BCUT2D eigenvalue weighted by Crippen LogP contribution is -2.35. The number of rotatable bonds is 11. The summed E-state index contributed by atoms with van der Waals surface area (Å²) in [6.45, 7) is 12.4. The molecule has 2 heterocycles. The van der Waals surface area contributed by atoms with Gasteiger partial charge in [0.25, 0.3) is 0 Å². The van der Waals surface area contributed by atoms with Crippen molar-refractivity contribution in [2.75, 3.05) is 21.3 Å². The fraction of sp³-hybridized carbons (Fsp3) is 0.577. The van der Waals surface area contributed by atoms with Crippen molar-refractivity contribution in [2.24, 2.45) is 5.92 Å². The second kappa shape index (κ2) is 11.0. The van der Waals surface area contributed by atoms with E-state index in [1.165, 1.54) is 25.4 Å². The van der Waals surface area contributed by atoms with E-state index >= 15 is 0 Å². The Kier molecular flexibility index (Phi) is 8.93. The quantitative estimate of drug-likeness (QED) is 0.298. The Hall–Kier alpha value is -2.31. The maximum atomic E-state index is 12.5. The van der Waals surface area contributed by atoms with E-state index in [-0.39, 0.29) is 34.9 Å². The number of epoxide rings is 1. The summed E-state index contributed by atoms with van der Waals surface area (Å²) in [6.07, 6.45) is 10.4. The van der Waals surface area contributed by atoms with Gasteiger partial charge in [0.2, 0.25) is 17.1 Å². The highest BCUT2D eigenvalue weighted by Gasteiger charge is 2.56. The molecule has 0 bridgehead atoms. The fourth-order valence-electron chi connectivity index (χ4n) is 4.20. The van der Waals surface area contributed by atoms with Crippen LogP contribution < -0.4 is 14.9 Å². The first kappa shape index (κ1) is 25.9. The molecule has 6 nitrogen and oxygen atoms in total. The summed E-state index contributed by atoms with van der Waals surface area (Å²) in [5.74, 6) is 0.815. The fourth-order valence-corrected chi connectivity index (χ4v) is 4.20. The molecule has 0 aliphatic carbocycles. The highest BCUT2D eigenvalue weighted by molar-refractivity contribution is 5.40. The van der Waals surface area contributed by atoms with Crippen LogP contribution in [0.4, 0.5) is 0 Å². The van der Waals surface area contributed by atoms with E-state index in [0.29, 0.717) is 17.9 Å². The zero-order valence-corrected chi connectivity index (χ0v) is 21.0. The van der Waals surface area contributed by atoms with E-state index in [0.717, 1.165) is 12.1 Å². The maximum absolute atomic E-state index is 12.5. The van der Waals surface area contributed by atoms with Crippen molar-refractivity contribution in [3.63, 3.8) is 0 Å². The number of pyridine rings is 1. The number of ether oxygens (including phenoxy) is 4. The Labute approximate surface area is 192 Å². The van der Waals surface area contributed by atoms with Gasteiger partial charge in [-0.05, 0) is 41.0 Å². The Bertz CT molecular complexity index is 942. The molecule has 1 aliphatic heterocycles. The van der Waals surface area contributed by atoms with Crippen molar-refractivity contribution in [1.29, 1.82) is 0 Å². The molecule has 1 aromatic heterocycles. The predicted molar refractivity (Wildman–Crippen MR) is 129 cm³/mol. The summed E-state index contributed by atoms with van der Waals surface area (Å²) in [5, 5.41) is 0. The van der Waals surface area contributed by atoms with Gasteiger partial charge in [-0.3, -0.25) is 4.79 Å². The Morgan fingerprint density at radius 1 is 1.25 bits per heavy atom. The van der Waals surface area contributed by atoms with E-state index in [1.54, 1.807) is 14.0 Å². The van der Waals surface area contributed by atoms with E-state index in [2.05, 4.69) is 63.9 Å². The number of hydrogen-bond donors (Lipinski definition) is 1. The normalized spacial score (nSPS) is 23.3. The Morgan fingerprint density at radius 3 is 2.44 bits per heavy atom.